The van der Waals surface area contributed by atoms with Gasteiger partial charge in [0.05, 0.1) is 12.3 Å². The molecular formula is C9H12ClNOS. The fourth-order valence-corrected chi connectivity index (χ4v) is 1.83. The van der Waals surface area contributed by atoms with Crippen molar-refractivity contribution < 1.29 is 4.74 Å². The first kappa shape index (κ1) is 10.8. The van der Waals surface area contributed by atoms with Gasteiger partial charge in [-0.05, 0) is 12.1 Å². The van der Waals surface area contributed by atoms with Crippen molar-refractivity contribution in [2.75, 3.05) is 19.5 Å². The molecule has 72 valence electrons. The van der Waals surface area contributed by atoms with Gasteiger partial charge in [-0.2, -0.15) is 11.8 Å². The lowest BCUT2D eigenvalue weighted by Gasteiger charge is -2.00. The average Bonchev–Trinajstić information content (AvgIpc) is 2.13. The summed E-state index contributed by atoms with van der Waals surface area (Å²) in [4.78, 5) is 4.17. The molecule has 0 aromatic carbocycles. The van der Waals surface area contributed by atoms with E-state index in [0.29, 0.717) is 5.15 Å². The monoisotopic (exact) mass is 217 g/mol. The van der Waals surface area contributed by atoms with E-state index < -0.39 is 0 Å². The molecule has 0 aliphatic carbocycles. The molecule has 0 unspecified atom stereocenters. The van der Waals surface area contributed by atoms with E-state index >= 15 is 0 Å². The van der Waals surface area contributed by atoms with E-state index in [9.17, 15) is 0 Å². The third-order valence-electron chi connectivity index (χ3n) is 1.45. The number of pyridine rings is 1. The van der Waals surface area contributed by atoms with Gasteiger partial charge >= 0.3 is 0 Å². The Morgan fingerprint density at radius 1 is 1.54 bits per heavy atom. The Balaban J connectivity index is 2.28. The summed E-state index contributed by atoms with van der Waals surface area (Å²) in [5.74, 6) is 1.88. The van der Waals surface area contributed by atoms with Crippen LogP contribution in [0.5, 0.6) is 0 Å². The molecule has 13 heavy (non-hydrogen) atoms. The molecule has 1 rings (SSSR count). The van der Waals surface area contributed by atoms with Gasteiger partial charge in [-0.3, -0.25) is 0 Å². The van der Waals surface area contributed by atoms with Crippen molar-refractivity contribution in [3.63, 3.8) is 0 Å². The second kappa shape index (κ2) is 6.24. The molecule has 0 aliphatic rings. The summed E-state index contributed by atoms with van der Waals surface area (Å²) in [5.41, 5.74) is 1.02. The van der Waals surface area contributed by atoms with Crippen LogP contribution in [0.15, 0.2) is 18.2 Å². The molecule has 0 saturated carbocycles. The van der Waals surface area contributed by atoms with Crippen LogP contribution >= 0.6 is 23.4 Å². The second-order valence-electron chi connectivity index (χ2n) is 2.50. The molecule has 0 aliphatic heterocycles. The molecule has 1 aromatic rings. The number of methoxy groups -OCH3 is 1. The van der Waals surface area contributed by atoms with Crippen molar-refractivity contribution in [3.05, 3.63) is 29.0 Å². The van der Waals surface area contributed by atoms with Gasteiger partial charge in [0.25, 0.3) is 0 Å². The molecule has 0 fully saturated rings. The van der Waals surface area contributed by atoms with Crippen LogP contribution in [-0.4, -0.2) is 24.5 Å². The predicted octanol–water partition coefficient (Wildman–Crippen LogP) is 2.61. The number of aromatic nitrogens is 1. The first-order chi connectivity index (χ1) is 6.33. The van der Waals surface area contributed by atoms with Crippen LogP contribution < -0.4 is 0 Å². The van der Waals surface area contributed by atoms with Crippen LogP contribution in [0.25, 0.3) is 0 Å². The van der Waals surface area contributed by atoms with Crippen molar-refractivity contribution in [2.45, 2.75) is 5.75 Å². The minimum atomic E-state index is 0.560. The van der Waals surface area contributed by atoms with Crippen LogP contribution in [0.2, 0.25) is 5.15 Å². The van der Waals surface area contributed by atoms with Crippen LogP contribution in [0, 0.1) is 0 Å². The zero-order valence-corrected chi connectivity index (χ0v) is 9.07. The third kappa shape index (κ3) is 4.50. The van der Waals surface area contributed by atoms with Crippen LogP contribution in [0.4, 0.5) is 0 Å². The Bertz CT molecular complexity index is 257. The first-order valence-electron chi connectivity index (χ1n) is 4.01. The van der Waals surface area contributed by atoms with Gasteiger partial charge in [-0.1, -0.05) is 17.7 Å². The minimum Gasteiger partial charge on any atom is -0.384 e. The van der Waals surface area contributed by atoms with Crippen molar-refractivity contribution in [3.8, 4) is 0 Å². The first-order valence-corrected chi connectivity index (χ1v) is 5.54. The Hall–Kier alpha value is -0.250. The fourth-order valence-electron chi connectivity index (χ4n) is 0.850. The van der Waals surface area contributed by atoms with Gasteiger partial charge in [0.15, 0.2) is 0 Å². The lowest BCUT2D eigenvalue weighted by Crippen LogP contribution is -1.93. The molecule has 1 heterocycles. The zero-order chi connectivity index (χ0) is 9.52. The average molecular weight is 218 g/mol. The van der Waals surface area contributed by atoms with Crippen LogP contribution in [-0.2, 0) is 10.5 Å². The topological polar surface area (TPSA) is 22.1 Å². The van der Waals surface area contributed by atoms with Gasteiger partial charge in [-0.25, -0.2) is 4.98 Å². The van der Waals surface area contributed by atoms with Crippen molar-refractivity contribution in [1.82, 2.24) is 4.98 Å². The molecule has 0 saturated heterocycles. The van der Waals surface area contributed by atoms with E-state index in [1.54, 1.807) is 24.9 Å². The summed E-state index contributed by atoms with van der Waals surface area (Å²) in [6, 6.07) is 5.68. The van der Waals surface area contributed by atoms with Gasteiger partial charge in [0.1, 0.15) is 5.15 Å². The normalized spacial score (nSPS) is 10.3. The van der Waals surface area contributed by atoms with Gasteiger partial charge in [0.2, 0.25) is 0 Å². The zero-order valence-electron chi connectivity index (χ0n) is 7.50. The Kier molecular flexibility index (Phi) is 5.20. The van der Waals surface area contributed by atoms with Crippen molar-refractivity contribution in [1.29, 1.82) is 0 Å². The Morgan fingerprint density at radius 3 is 3.08 bits per heavy atom. The maximum atomic E-state index is 5.74. The molecule has 0 radical (unpaired) electrons. The Morgan fingerprint density at radius 2 is 2.38 bits per heavy atom. The minimum absolute atomic E-state index is 0.560. The standard InChI is InChI=1S/C9H12ClNOS/c1-12-5-6-13-7-8-3-2-4-9(10)11-8/h2-4H,5-7H2,1H3. The second-order valence-corrected chi connectivity index (χ2v) is 3.99. The molecule has 4 heteroatoms. The van der Waals surface area contributed by atoms with E-state index in [0.717, 1.165) is 23.8 Å². The quantitative estimate of drug-likeness (QED) is 0.559. The molecule has 0 amide bonds. The highest BCUT2D eigenvalue weighted by Crippen LogP contribution is 2.12. The van der Waals surface area contributed by atoms with E-state index in [1.807, 2.05) is 12.1 Å². The van der Waals surface area contributed by atoms with Gasteiger partial charge < -0.3 is 4.74 Å². The summed E-state index contributed by atoms with van der Waals surface area (Å²) < 4.78 is 4.94. The number of rotatable bonds is 5. The van der Waals surface area contributed by atoms with Crippen LogP contribution in [0.1, 0.15) is 5.69 Å². The highest BCUT2D eigenvalue weighted by Gasteiger charge is 1.95. The molecule has 0 N–H and O–H groups in total. The molecule has 0 spiro atoms. The van der Waals surface area contributed by atoms with Crippen molar-refractivity contribution >= 4 is 23.4 Å². The summed E-state index contributed by atoms with van der Waals surface area (Å²) in [7, 11) is 1.71. The number of thioether (sulfide) groups is 1. The third-order valence-corrected chi connectivity index (χ3v) is 2.62. The van der Waals surface area contributed by atoms with E-state index in [4.69, 9.17) is 16.3 Å². The number of hydrogen-bond donors (Lipinski definition) is 0. The highest BCUT2D eigenvalue weighted by molar-refractivity contribution is 7.98. The number of ether oxygens (including phenoxy) is 1. The molecule has 0 bridgehead atoms. The summed E-state index contributed by atoms with van der Waals surface area (Å²) in [6.07, 6.45) is 0. The number of nitrogens with zero attached hydrogens (tertiary/aromatic N) is 1. The lowest BCUT2D eigenvalue weighted by molar-refractivity contribution is 0.218. The maximum Gasteiger partial charge on any atom is 0.129 e. The van der Waals surface area contributed by atoms with Crippen LogP contribution in [0.3, 0.4) is 0 Å². The van der Waals surface area contributed by atoms with E-state index in [1.165, 1.54) is 0 Å². The largest absolute Gasteiger partial charge is 0.384 e. The molecule has 0 atom stereocenters. The maximum absolute atomic E-state index is 5.74. The number of halogens is 1. The predicted molar refractivity (Wildman–Crippen MR) is 57.3 cm³/mol. The van der Waals surface area contributed by atoms with Gasteiger partial charge in [-0.15, -0.1) is 0 Å². The summed E-state index contributed by atoms with van der Waals surface area (Å²) >= 11 is 7.53. The Labute approximate surface area is 87.7 Å². The highest BCUT2D eigenvalue weighted by atomic mass is 35.5. The smallest absolute Gasteiger partial charge is 0.129 e. The summed E-state index contributed by atoms with van der Waals surface area (Å²) in [5, 5.41) is 0.560. The SMILES string of the molecule is COCCSCc1cccc(Cl)n1. The summed E-state index contributed by atoms with van der Waals surface area (Å²) in [6.45, 7) is 0.783. The fraction of sp³-hybridized carbons (Fsp3) is 0.444. The molecular weight excluding hydrogens is 206 g/mol. The molecule has 2 nitrogen and oxygen atoms in total. The number of hydrogen-bond acceptors (Lipinski definition) is 3. The lowest BCUT2D eigenvalue weighted by atomic mass is 10.4. The van der Waals surface area contributed by atoms with E-state index in [-0.39, 0.29) is 0 Å². The van der Waals surface area contributed by atoms with E-state index in [2.05, 4.69) is 4.98 Å². The van der Waals surface area contributed by atoms with Crippen molar-refractivity contribution in [2.24, 2.45) is 0 Å². The van der Waals surface area contributed by atoms with Gasteiger partial charge in [0, 0.05) is 18.6 Å². The molecule has 1 aromatic heterocycles.